The molecule has 0 bridgehead atoms. The molecular formula is C13H21N2O4+. The Balaban J connectivity index is 1.87. The smallest absolute Gasteiger partial charge is 0.354 e. The third kappa shape index (κ3) is 3.78. The van der Waals surface area contributed by atoms with Gasteiger partial charge in [-0.15, -0.1) is 0 Å². The van der Waals surface area contributed by atoms with E-state index in [1.165, 1.54) is 4.68 Å². The predicted molar refractivity (Wildman–Crippen MR) is 69.2 cm³/mol. The Hall–Kier alpha value is -1.40. The predicted octanol–water partition coefficient (Wildman–Crippen LogP) is 1.20. The Kier molecular flexibility index (Phi) is 4.93. The number of carboxylic acid groups (broad SMARTS) is 1. The van der Waals surface area contributed by atoms with Crippen LogP contribution in [-0.4, -0.2) is 45.1 Å². The van der Waals surface area contributed by atoms with Crippen molar-refractivity contribution in [3.05, 3.63) is 17.5 Å². The van der Waals surface area contributed by atoms with Crippen LogP contribution in [0.2, 0.25) is 0 Å². The Morgan fingerprint density at radius 3 is 3.11 bits per heavy atom. The molecule has 1 aliphatic rings. The first-order valence-corrected chi connectivity index (χ1v) is 6.79. The molecule has 1 aliphatic heterocycles. The van der Waals surface area contributed by atoms with Crippen LogP contribution in [0.5, 0.6) is 0 Å². The third-order valence-corrected chi connectivity index (χ3v) is 3.22. The topological polar surface area (TPSA) is 77.1 Å². The lowest BCUT2D eigenvalue weighted by atomic mass is 10.2. The Bertz CT molecular complexity index is 424. The summed E-state index contributed by atoms with van der Waals surface area (Å²) >= 11 is 0. The number of carboxylic acids is 1. The van der Waals surface area contributed by atoms with Crippen LogP contribution in [-0.2, 0) is 17.7 Å². The largest absolute Gasteiger partial charge is 0.477 e. The molecule has 0 aromatic carbocycles. The van der Waals surface area contributed by atoms with Crippen molar-refractivity contribution >= 4 is 5.97 Å². The van der Waals surface area contributed by atoms with Gasteiger partial charge in [-0.3, -0.25) is 4.68 Å². The van der Waals surface area contributed by atoms with Gasteiger partial charge in [-0.25, -0.2) is 4.79 Å². The lowest BCUT2D eigenvalue weighted by Gasteiger charge is -2.18. The number of ether oxygens (including phenoxy) is 2. The highest BCUT2D eigenvalue weighted by atomic mass is 16.7. The van der Waals surface area contributed by atoms with Gasteiger partial charge in [0.1, 0.15) is 12.3 Å². The van der Waals surface area contributed by atoms with Gasteiger partial charge in [0, 0.05) is 12.8 Å². The molecule has 0 aliphatic carbocycles. The quantitative estimate of drug-likeness (QED) is 0.787. The SMILES string of the molecule is CCc1cc(C(=O)O)n(CCOC2CCCC[OH+]2)n1. The molecule has 1 aromatic heterocycles. The van der Waals surface area contributed by atoms with Gasteiger partial charge in [0.05, 0.1) is 18.8 Å². The van der Waals surface area contributed by atoms with Crippen molar-refractivity contribution in [1.82, 2.24) is 9.78 Å². The first-order chi connectivity index (χ1) is 9.20. The summed E-state index contributed by atoms with van der Waals surface area (Å²) in [6, 6.07) is 1.62. The number of nitrogens with zero attached hydrogens (tertiary/aromatic N) is 2. The molecule has 6 nitrogen and oxygen atoms in total. The maximum atomic E-state index is 11.1. The molecule has 6 heteroatoms. The number of carbonyl (C=O) groups is 1. The number of aliphatic hydroxyl groups is 2. The fourth-order valence-corrected chi connectivity index (χ4v) is 2.15. The molecule has 1 aromatic rings. The van der Waals surface area contributed by atoms with E-state index in [-0.39, 0.29) is 12.0 Å². The van der Waals surface area contributed by atoms with Gasteiger partial charge >= 0.3 is 5.97 Å². The van der Waals surface area contributed by atoms with Crippen molar-refractivity contribution in [3.63, 3.8) is 0 Å². The zero-order chi connectivity index (χ0) is 13.7. The van der Waals surface area contributed by atoms with Gasteiger partial charge in [0.25, 0.3) is 6.29 Å². The monoisotopic (exact) mass is 269 g/mol. The van der Waals surface area contributed by atoms with Crippen LogP contribution < -0.4 is 0 Å². The molecule has 0 spiro atoms. The minimum absolute atomic E-state index is 0.0248. The summed E-state index contributed by atoms with van der Waals surface area (Å²) in [6.45, 7) is 3.72. The van der Waals surface area contributed by atoms with Crippen LogP contribution in [0.1, 0.15) is 42.4 Å². The summed E-state index contributed by atoms with van der Waals surface area (Å²) in [5, 5.41) is 13.4. The average molecular weight is 269 g/mol. The van der Waals surface area contributed by atoms with Gasteiger partial charge in [-0.2, -0.15) is 5.10 Å². The second-order valence-corrected chi connectivity index (χ2v) is 4.63. The van der Waals surface area contributed by atoms with Crippen LogP contribution >= 0.6 is 0 Å². The zero-order valence-corrected chi connectivity index (χ0v) is 11.2. The lowest BCUT2D eigenvalue weighted by molar-refractivity contribution is -0.257. The zero-order valence-electron chi connectivity index (χ0n) is 11.2. The number of aromatic carboxylic acids is 1. The molecule has 1 unspecified atom stereocenters. The summed E-state index contributed by atoms with van der Waals surface area (Å²) in [5.41, 5.74) is 1.01. The summed E-state index contributed by atoms with van der Waals surface area (Å²) in [4.78, 5) is 11.1. The number of aryl methyl sites for hydroxylation is 1. The fourth-order valence-electron chi connectivity index (χ4n) is 2.15. The maximum Gasteiger partial charge on any atom is 0.354 e. The van der Waals surface area contributed by atoms with Crippen molar-refractivity contribution in [2.45, 2.75) is 45.4 Å². The molecule has 1 saturated heterocycles. The van der Waals surface area contributed by atoms with Crippen molar-refractivity contribution in [2.75, 3.05) is 13.2 Å². The molecule has 0 saturated carbocycles. The highest BCUT2D eigenvalue weighted by Crippen LogP contribution is 2.12. The Morgan fingerprint density at radius 1 is 1.63 bits per heavy atom. The Labute approximate surface area is 112 Å². The van der Waals surface area contributed by atoms with E-state index in [1.807, 2.05) is 6.92 Å². The standard InChI is InChI=1S/C13H20N2O4/c1-2-10-9-11(13(16)17)15(14-10)6-8-19-12-5-3-4-7-18-12/h9,12H,2-8H2,1H3,(H,16,17)/p+1. The van der Waals surface area contributed by atoms with E-state index in [2.05, 4.69) is 9.84 Å². The summed E-state index contributed by atoms with van der Waals surface area (Å²) in [7, 11) is 0. The first kappa shape index (κ1) is 14.0. The Morgan fingerprint density at radius 2 is 2.47 bits per heavy atom. The second kappa shape index (κ2) is 6.68. The van der Waals surface area contributed by atoms with Gasteiger partial charge in [0.15, 0.2) is 0 Å². The van der Waals surface area contributed by atoms with Crippen LogP contribution in [0.4, 0.5) is 0 Å². The van der Waals surface area contributed by atoms with Crippen molar-refractivity contribution in [2.24, 2.45) is 0 Å². The first-order valence-electron chi connectivity index (χ1n) is 6.79. The minimum Gasteiger partial charge on any atom is -0.477 e. The molecule has 106 valence electrons. The van der Waals surface area contributed by atoms with Gasteiger partial charge < -0.3 is 14.6 Å². The van der Waals surface area contributed by atoms with Gasteiger partial charge in [-0.1, -0.05) is 6.92 Å². The summed E-state index contributed by atoms with van der Waals surface area (Å²) in [5.74, 6) is -0.949. The number of aromatic nitrogens is 2. The van der Waals surface area contributed by atoms with Crippen molar-refractivity contribution < 1.29 is 19.4 Å². The van der Waals surface area contributed by atoms with Gasteiger partial charge in [-0.05, 0) is 18.9 Å². The molecule has 19 heavy (non-hydrogen) atoms. The van der Waals surface area contributed by atoms with Crippen LogP contribution in [0.3, 0.4) is 0 Å². The van der Waals surface area contributed by atoms with E-state index in [0.29, 0.717) is 13.2 Å². The molecule has 1 atom stereocenters. The normalized spacial score (nSPS) is 19.5. The van der Waals surface area contributed by atoms with Crippen molar-refractivity contribution in [1.29, 1.82) is 0 Å². The van der Waals surface area contributed by atoms with Crippen LogP contribution in [0.15, 0.2) is 6.07 Å². The maximum absolute atomic E-state index is 11.1. The van der Waals surface area contributed by atoms with Crippen LogP contribution in [0, 0.1) is 0 Å². The minimum atomic E-state index is -0.949. The number of hydrogen-bond acceptors (Lipinski definition) is 3. The summed E-state index contributed by atoms with van der Waals surface area (Å²) in [6.07, 6.45) is 3.96. The number of rotatable bonds is 6. The molecule has 2 N–H and O–H groups in total. The second-order valence-electron chi connectivity index (χ2n) is 4.63. The van der Waals surface area contributed by atoms with E-state index in [0.717, 1.165) is 38.0 Å². The highest BCUT2D eigenvalue weighted by Gasteiger charge is 2.19. The molecule has 1 fully saturated rings. The van der Waals surface area contributed by atoms with E-state index in [9.17, 15) is 4.79 Å². The fraction of sp³-hybridized carbons (Fsp3) is 0.692. The number of hydrogen-bond donors (Lipinski definition) is 1. The average Bonchev–Trinajstić information content (AvgIpc) is 2.83. The molecule has 0 radical (unpaired) electrons. The lowest BCUT2D eigenvalue weighted by Crippen LogP contribution is -2.28. The van der Waals surface area contributed by atoms with Crippen molar-refractivity contribution in [3.8, 4) is 0 Å². The van der Waals surface area contributed by atoms with E-state index in [4.69, 9.17) is 9.84 Å². The molecule has 0 amide bonds. The van der Waals surface area contributed by atoms with Crippen LogP contribution in [0.25, 0.3) is 0 Å². The molecule has 2 heterocycles. The van der Waals surface area contributed by atoms with E-state index in [1.54, 1.807) is 6.07 Å². The van der Waals surface area contributed by atoms with E-state index >= 15 is 0 Å². The summed E-state index contributed by atoms with van der Waals surface area (Å²) < 4.78 is 11.5. The van der Waals surface area contributed by atoms with Gasteiger partial charge in [0.2, 0.25) is 0 Å². The highest BCUT2D eigenvalue weighted by molar-refractivity contribution is 5.85. The van der Waals surface area contributed by atoms with E-state index < -0.39 is 5.97 Å². The molecular weight excluding hydrogens is 248 g/mol. The third-order valence-electron chi connectivity index (χ3n) is 3.22. The molecule has 2 rings (SSSR count).